The number of aliphatic hydroxyl groups is 6. The van der Waals surface area contributed by atoms with Crippen molar-refractivity contribution in [3.8, 4) is 0 Å². The first kappa shape index (κ1) is 29.3. The molecule has 22 heteroatoms. The molecule has 10 N–H and O–H groups in total. The minimum atomic E-state index is -5.56. The number of aliphatic hydroxyl groups excluding tert-OH is 6. The first-order chi connectivity index (χ1) is 17.7. The van der Waals surface area contributed by atoms with Crippen LogP contribution in [0.1, 0.15) is 6.23 Å². The molecule has 0 aromatic carbocycles. The largest absolute Gasteiger partial charge is 0.483 e. The molecule has 0 bridgehead atoms. The Balaban J connectivity index is 1.38. The monoisotopic (exact) mass is 589 g/mol. The van der Waals surface area contributed by atoms with Crippen LogP contribution in [-0.4, -0.2) is 122 Å². The maximum Gasteiger partial charge on any atom is 0.483 e. The Morgan fingerprint density at radius 1 is 0.921 bits per heavy atom. The predicted octanol–water partition coefficient (Wildman–Crippen LogP) is -3.92. The van der Waals surface area contributed by atoms with Crippen molar-refractivity contribution in [2.24, 2.45) is 0 Å². The summed E-state index contributed by atoms with van der Waals surface area (Å²) in [7, 11) is -11.0. The summed E-state index contributed by atoms with van der Waals surface area (Å²) in [6.07, 6.45) is -13.3. The van der Waals surface area contributed by atoms with Gasteiger partial charge in [-0.1, -0.05) is 0 Å². The minimum absolute atomic E-state index is 0.0411. The number of phosphoric ester groups is 2. The number of fused-ring (bicyclic) bond motifs is 1. The second-order valence-corrected chi connectivity index (χ2v) is 11.2. The van der Waals surface area contributed by atoms with Gasteiger partial charge in [0.25, 0.3) is 0 Å². The number of nitrogen functional groups attached to an aromatic ring is 1. The molecule has 20 nitrogen and oxygen atoms in total. The maximum atomic E-state index is 12.3. The van der Waals surface area contributed by atoms with Gasteiger partial charge in [0, 0.05) is 0 Å². The quantitative estimate of drug-likeness (QED) is 0.126. The van der Waals surface area contributed by atoms with Crippen molar-refractivity contribution >= 4 is 32.6 Å². The van der Waals surface area contributed by atoms with Gasteiger partial charge in [0.15, 0.2) is 24.0 Å². The summed E-state index contributed by atoms with van der Waals surface area (Å²) in [6.45, 7) is -1.82. The van der Waals surface area contributed by atoms with E-state index in [1.54, 1.807) is 0 Å². The van der Waals surface area contributed by atoms with Gasteiger partial charge in [0.1, 0.15) is 54.6 Å². The maximum absolute atomic E-state index is 12.3. The van der Waals surface area contributed by atoms with Crippen LogP contribution in [0.4, 0.5) is 5.82 Å². The van der Waals surface area contributed by atoms with Crippen LogP contribution in [0.5, 0.6) is 0 Å². The van der Waals surface area contributed by atoms with Crippen molar-refractivity contribution in [2.75, 3.05) is 18.9 Å². The summed E-state index contributed by atoms with van der Waals surface area (Å²) in [5.74, 6) is 0.0411. The van der Waals surface area contributed by atoms with E-state index in [0.717, 1.165) is 6.33 Å². The van der Waals surface area contributed by atoms with Gasteiger partial charge in [0.05, 0.1) is 19.5 Å². The lowest BCUT2D eigenvalue weighted by Gasteiger charge is -2.39. The minimum Gasteiger partial charge on any atom is -0.394 e. The fourth-order valence-electron chi connectivity index (χ4n) is 3.78. The molecule has 0 amide bonds. The lowest BCUT2D eigenvalue weighted by atomic mass is 10.00. The molecule has 5 unspecified atom stereocenters. The molecule has 38 heavy (non-hydrogen) atoms. The Kier molecular flexibility index (Phi) is 8.51. The van der Waals surface area contributed by atoms with Crippen LogP contribution in [-0.2, 0) is 32.0 Å². The van der Waals surface area contributed by atoms with Gasteiger partial charge in [-0.2, -0.15) is 4.31 Å². The Bertz CT molecular complexity index is 1230. The summed E-state index contributed by atoms with van der Waals surface area (Å²) in [4.78, 5) is 31.5. The molecule has 0 radical (unpaired) electrons. The average molecular weight is 589 g/mol. The highest BCUT2D eigenvalue weighted by molar-refractivity contribution is 7.61. The number of phosphoric acid groups is 2. The summed E-state index contributed by atoms with van der Waals surface area (Å²) >= 11 is 0. The molecule has 2 saturated heterocycles. The second-order valence-electron chi connectivity index (χ2n) is 8.25. The van der Waals surface area contributed by atoms with Crippen molar-refractivity contribution in [3.05, 3.63) is 12.7 Å². The molecule has 0 saturated carbocycles. The molecule has 214 valence electrons. The van der Waals surface area contributed by atoms with Crippen molar-refractivity contribution in [2.45, 2.75) is 55.2 Å². The van der Waals surface area contributed by atoms with Crippen LogP contribution in [0, 0.1) is 0 Å². The number of hydrogen-bond acceptors (Lipinski definition) is 17. The van der Waals surface area contributed by atoms with E-state index < -0.39 is 84.1 Å². The van der Waals surface area contributed by atoms with Gasteiger partial charge >= 0.3 is 15.6 Å². The molecule has 0 aliphatic carbocycles. The van der Waals surface area contributed by atoms with E-state index in [2.05, 4.69) is 28.3 Å². The summed E-state index contributed by atoms with van der Waals surface area (Å²) in [5, 5.41) is 59.2. The van der Waals surface area contributed by atoms with Crippen molar-refractivity contribution in [1.82, 2.24) is 19.5 Å². The predicted molar refractivity (Wildman–Crippen MR) is 117 cm³/mol. The fraction of sp³-hybridized carbons (Fsp3) is 0.688. The van der Waals surface area contributed by atoms with Crippen LogP contribution in [0.2, 0.25) is 0 Å². The Labute approximate surface area is 212 Å². The van der Waals surface area contributed by atoms with E-state index in [1.165, 1.54) is 10.9 Å². The lowest BCUT2D eigenvalue weighted by molar-refractivity contribution is -0.280. The van der Waals surface area contributed by atoms with Gasteiger partial charge in [-0.3, -0.25) is 13.6 Å². The number of nitrogens with two attached hydrogens (primary N) is 1. The Morgan fingerprint density at radius 2 is 1.61 bits per heavy atom. The van der Waals surface area contributed by atoms with Crippen LogP contribution in [0.15, 0.2) is 12.7 Å². The highest BCUT2D eigenvalue weighted by Crippen LogP contribution is 2.61. The molecule has 2 aromatic heterocycles. The molecule has 2 aromatic rings. The fourth-order valence-corrected chi connectivity index (χ4v) is 5.94. The second kappa shape index (κ2) is 11.0. The van der Waals surface area contributed by atoms with Crippen LogP contribution in [0.25, 0.3) is 11.2 Å². The highest BCUT2D eigenvalue weighted by atomic mass is 31.3. The molecule has 2 aliphatic heterocycles. The number of rotatable bonds is 9. The van der Waals surface area contributed by atoms with Crippen molar-refractivity contribution in [1.29, 1.82) is 0 Å². The van der Waals surface area contributed by atoms with Gasteiger partial charge in [0.2, 0.25) is 0 Å². The number of imidazole rings is 1. The number of anilines is 1. The molecule has 4 heterocycles. The van der Waals surface area contributed by atoms with E-state index >= 15 is 0 Å². The third-order valence-electron chi connectivity index (χ3n) is 5.69. The van der Waals surface area contributed by atoms with E-state index in [9.17, 15) is 44.4 Å². The van der Waals surface area contributed by atoms with Gasteiger partial charge < -0.3 is 55.6 Å². The normalized spacial score (nSPS) is 37.2. The Hall–Kier alpha value is -1.71. The average Bonchev–Trinajstić information content (AvgIpc) is 3.39. The topological polar surface area (TPSA) is 312 Å². The summed E-state index contributed by atoms with van der Waals surface area (Å²) in [5.41, 5.74) is 6.05. The van der Waals surface area contributed by atoms with E-state index in [4.69, 9.17) is 20.3 Å². The van der Waals surface area contributed by atoms with Crippen molar-refractivity contribution in [3.63, 3.8) is 0 Å². The summed E-state index contributed by atoms with van der Waals surface area (Å²) < 4.78 is 49.3. The number of ether oxygens (including phenoxy) is 2. The molecule has 4 rings (SSSR count). The number of aromatic nitrogens is 4. The van der Waals surface area contributed by atoms with Crippen LogP contribution >= 0.6 is 15.6 Å². The lowest BCUT2D eigenvalue weighted by Crippen LogP contribution is -2.58. The zero-order valence-electron chi connectivity index (χ0n) is 19.0. The molecular formula is C16H25N5O15P2. The molecule has 2 aliphatic rings. The highest BCUT2D eigenvalue weighted by Gasteiger charge is 2.49. The third-order valence-corrected chi connectivity index (χ3v) is 8.29. The molecule has 2 fully saturated rings. The molecule has 11 atom stereocenters. The molecule has 0 spiro atoms. The zero-order valence-corrected chi connectivity index (χ0v) is 20.7. The zero-order chi connectivity index (χ0) is 28.0. The first-order valence-corrected chi connectivity index (χ1v) is 13.7. The first-order valence-electron chi connectivity index (χ1n) is 10.7. The van der Waals surface area contributed by atoms with Gasteiger partial charge in [-0.05, 0) is 0 Å². The van der Waals surface area contributed by atoms with Crippen LogP contribution in [0.3, 0.4) is 0 Å². The summed E-state index contributed by atoms with van der Waals surface area (Å²) in [6, 6.07) is 0. The SMILES string of the molecule is Nc1ncnc2c1ncn2[C@@H]1O[C@H](COP(=O)(O)OP(=O)(O)O[C@@H]2OC(CO)[C@@H](O)C(O)C2O)[C@H](O)[C@@H]1O. The van der Waals surface area contributed by atoms with Gasteiger partial charge in [-0.15, -0.1) is 0 Å². The smallest absolute Gasteiger partial charge is 0.394 e. The molecular weight excluding hydrogens is 564 g/mol. The van der Waals surface area contributed by atoms with Crippen LogP contribution < -0.4 is 5.73 Å². The third kappa shape index (κ3) is 5.89. The number of nitrogens with zero attached hydrogens (tertiary/aromatic N) is 4. The van der Waals surface area contributed by atoms with Gasteiger partial charge in [-0.25, -0.2) is 24.1 Å². The van der Waals surface area contributed by atoms with E-state index in [1.807, 2.05) is 0 Å². The Morgan fingerprint density at radius 3 is 2.29 bits per heavy atom. The van der Waals surface area contributed by atoms with E-state index in [0.29, 0.717) is 0 Å². The van der Waals surface area contributed by atoms with Crippen molar-refractivity contribution < 1.29 is 72.4 Å². The van der Waals surface area contributed by atoms with E-state index in [-0.39, 0.29) is 17.0 Å². The standard InChI is InChI=1S/C16H25N5O15P2/c17-13-7-14(19-3-18-13)21(4-20-7)15-11(26)9(24)6(33-15)2-32-37(28,29)36-38(30,31)35-16-12(27)10(25)8(23)5(1-22)34-16/h3-6,8-12,15-16,22-27H,1-2H2,(H,28,29)(H,30,31)(H2,17,18,19)/t5?,6-,8-,9+,10?,11+,12?,15-,16+/m1/s1. The number of hydrogen-bond donors (Lipinski definition) is 9.